The van der Waals surface area contributed by atoms with Crippen LogP contribution in [-0.2, 0) is 17.9 Å². The van der Waals surface area contributed by atoms with Gasteiger partial charge in [-0.2, -0.15) is 4.80 Å². The van der Waals surface area contributed by atoms with Crippen LogP contribution in [0.5, 0.6) is 11.5 Å². The van der Waals surface area contributed by atoms with E-state index in [1.54, 1.807) is 11.0 Å². The molecule has 1 N–H and O–H groups in total. The molecule has 8 nitrogen and oxygen atoms in total. The summed E-state index contributed by atoms with van der Waals surface area (Å²) in [5.74, 6) is 0.379. The van der Waals surface area contributed by atoms with Crippen molar-refractivity contribution in [3.8, 4) is 22.6 Å². The lowest BCUT2D eigenvalue weighted by atomic mass is 9.98. The molecule has 2 heterocycles. The van der Waals surface area contributed by atoms with Gasteiger partial charge in [-0.05, 0) is 41.0 Å². The van der Waals surface area contributed by atoms with Gasteiger partial charge in [0.05, 0.1) is 6.54 Å². The van der Waals surface area contributed by atoms with E-state index in [0.717, 1.165) is 22.3 Å². The number of phenolic OH excluding ortho intramolecular Hbond substituents is 1. The number of aryl methyl sites for hydroxylation is 1. The van der Waals surface area contributed by atoms with E-state index in [4.69, 9.17) is 4.74 Å². The molecule has 1 aromatic heterocycles. The standard InChI is InChI=1S/C19H19N5O3/c1-13-4-2-3-5-16(13)14-8-15-10-23(6-7-27-19(15)17(25)9-14)18(26)11-24-21-12-20-22-24/h2-5,8-9,12,25H,6-7,10-11H2,1H3. The summed E-state index contributed by atoms with van der Waals surface area (Å²) in [6.07, 6.45) is 1.29. The van der Waals surface area contributed by atoms with E-state index in [9.17, 15) is 9.90 Å². The number of carbonyl (C=O) groups is 1. The van der Waals surface area contributed by atoms with Crippen molar-refractivity contribution in [1.29, 1.82) is 0 Å². The van der Waals surface area contributed by atoms with Crippen molar-refractivity contribution in [2.24, 2.45) is 0 Å². The number of aromatic hydroxyl groups is 1. The quantitative estimate of drug-likeness (QED) is 0.760. The number of amides is 1. The monoisotopic (exact) mass is 365 g/mol. The number of rotatable bonds is 3. The molecule has 1 aliphatic rings. The van der Waals surface area contributed by atoms with E-state index in [2.05, 4.69) is 15.4 Å². The third-order valence-corrected chi connectivity index (χ3v) is 4.59. The summed E-state index contributed by atoms with van der Waals surface area (Å²) in [4.78, 5) is 15.5. The van der Waals surface area contributed by atoms with Crippen LogP contribution in [0.3, 0.4) is 0 Å². The van der Waals surface area contributed by atoms with Crippen LogP contribution in [0.2, 0.25) is 0 Å². The minimum absolute atomic E-state index is 0.0127. The molecule has 0 atom stereocenters. The number of carbonyl (C=O) groups excluding carboxylic acids is 1. The number of nitrogens with zero attached hydrogens (tertiary/aromatic N) is 5. The molecule has 8 heteroatoms. The smallest absolute Gasteiger partial charge is 0.246 e. The lowest BCUT2D eigenvalue weighted by Gasteiger charge is -2.19. The zero-order valence-corrected chi connectivity index (χ0v) is 14.9. The second-order valence-corrected chi connectivity index (χ2v) is 6.43. The summed E-state index contributed by atoms with van der Waals surface area (Å²) in [5, 5.41) is 21.7. The minimum Gasteiger partial charge on any atom is -0.504 e. The highest BCUT2D eigenvalue weighted by atomic mass is 16.5. The number of ether oxygens (including phenoxy) is 1. The first-order valence-electron chi connectivity index (χ1n) is 8.65. The molecule has 3 aromatic rings. The van der Waals surface area contributed by atoms with Gasteiger partial charge in [0.25, 0.3) is 0 Å². The number of benzene rings is 2. The second kappa shape index (κ2) is 7.06. The Kier molecular flexibility index (Phi) is 4.45. The number of hydrogen-bond donors (Lipinski definition) is 1. The number of fused-ring (bicyclic) bond motifs is 1. The van der Waals surface area contributed by atoms with Gasteiger partial charge in [-0.1, -0.05) is 24.3 Å². The highest BCUT2D eigenvalue weighted by Gasteiger charge is 2.23. The zero-order valence-electron chi connectivity index (χ0n) is 14.9. The molecule has 27 heavy (non-hydrogen) atoms. The Bertz CT molecular complexity index is 971. The first kappa shape index (κ1) is 17.0. The first-order valence-corrected chi connectivity index (χ1v) is 8.65. The Balaban J connectivity index is 1.65. The van der Waals surface area contributed by atoms with E-state index in [0.29, 0.717) is 25.4 Å². The Labute approximate surface area is 156 Å². The van der Waals surface area contributed by atoms with Crippen molar-refractivity contribution >= 4 is 5.91 Å². The van der Waals surface area contributed by atoms with Crippen LogP contribution in [0.25, 0.3) is 11.1 Å². The molecule has 1 aliphatic heterocycles. The summed E-state index contributed by atoms with van der Waals surface area (Å²) in [7, 11) is 0. The molecule has 0 radical (unpaired) electrons. The molecule has 138 valence electrons. The fourth-order valence-electron chi connectivity index (χ4n) is 3.25. The Hall–Kier alpha value is -3.42. The summed E-state index contributed by atoms with van der Waals surface area (Å²) in [5.41, 5.74) is 3.80. The summed E-state index contributed by atoms with van der Waals surface area (Å²) in [6, 6.07) is 11.6. The molecule has 0 spiro atoms. The fraction of sp³-hybridized carbons (Fsp3) is 0.263. The third kappa shape index (κ3) is 3.46. The summed E-state index contributed by atoms with van der Waals surface area (Å²) >= 11 is 0. The number of aromatic nitrogens is 4. The third-order valence-electron chi connectivity index (χ3n) is 4.59. The van der Waals surface area contributed by atoms with Crippen molar-refractivity contribution in [3.63, 3.8) is 0 Å². The Morgan fingerprint density at radius 1 is 1.30 bits per heavy atom. The van der Waals surface area contributed by atoms with Crippen LogP contribution in [-0.4, -0.2) is 49.3 Å². The van der Waals surface area contributed by atoms with E-state index >= 15 is 0 Å². The average Bonchev–Trinajstić information content (AvgIpc) is 3.05. The summed E-state index contributed by atoms with van der Waals surface area (Å²) < 4.78 is 5.72. The molecule has 0 unspecified atom stereocenters. The fourth-order valence-corrected chi connectivity index (χ4v) is 3.25. The normalized spacial score (nSPS) is 13.6. The van der Waals surface area contributed by atoms with Gasteiger partial charge in [-0.15, -0.1) is 10.2 Å². The molecular weight excluding hydrogens is 346 g/mol. The van der Waals surface area contributed by atoms with Gasteiger partial charge in [-0.3, -0.25) is 4.79 Å². The minimum atomic E-state index is -0.134. The van der Waals surface area contributed by atoms with Crippen molar-refractivity contribution < 1.29 is 14.6 Å². The molecule has 0 saturated carbocycles. The lowest BCUT2D eigenvalue weighted by molar-refractivity contribution is -0.133. The average molecular weight is 365 g/mol. The molecule has 2 aromatic carbocycles. The van der Waals surface area contributed by atoms with Crippen molar-refractivity contribution in [1.82, 2.24) is 25.1 Å². The first-order chi connectivity index (χ1) is 13.1. The van der Waals surface area contributed by atoms with Crippen LogP contribution in [0.15, 0.2) is 42.7 Å². The molecule has 0 aliphatic carbocycles. The van der Waals surface area contributed by atoms with Crippen LogP contribution in [0, 0.1) is 6.92 Å². The van der Waals surface area contributed by atoms with Gasteiger partial charge in [0.1, 0.15) is 13.2 Å². The van der Waals surface area contributed by atoms with Gasteiger partial charge in [0.2, 0.25) is 5.91 Å². The van der Waals surface area contributed by atoms with E-state index in [-0.39, 0.29) is 18.2 Å². The Morgan fingerprint density at radius 2 is 2.15 bits per heavy atom. The molecule has 4 rings (SSSR count). The molecule has 0 saturated heterocycles. The largest absolute Gasteiger partial charge is 0.504 e. The predicted molar refractivity (Wildman–Crippen MR) is 97.0 cm³/mol. The van der Waals surface area contributed by atoms with Gasteiger partial charge in [0.15, 0.2) is 17.8 Å². The molecule has 1 amide bonds. The number of tetrazole rings is 1. The van der Waals surface area contributed by atoms with Gasteiger partial charge in [0, 0.05) is 12.1 Å². The van der Waals surface area contributed by atoms with Gasteiger partial charge < -0.3 is 14.7 Å². The maximum absolute atomic E-state index is 12.6. The van der Waals surface area contributed by atoms with Gasteiger partial charge in [-0.25, -0.2) is 0 Å². The molecule has 0 bridgehead atoms. The highest BCUT2D eigenvalue weighted by molar-refractivity contribution is 5.77. The second-order valence-electron chi connectivity index (χ2n) is 6.43. The SMILES string of the molecule is Cc1ccccc1-c1cc(O)c2c(c1)CN(C(=O)Cn1ncnn1)CCO2. The predicted octanol–water partition coefficient (Wildman–Crippen LogP) is 1.78. The van der Waals surface area contributed by atoms with Crippen LogP contribution in [0.4, 0.5) is 0 Å². The summed E-state index contributed by atoms with van der Waals surface area (Å²) in [6.45, 7) is 3.10. The van der Waals surface area contributed by atoms with E-state index in [1.807, 2.05) is 37.3 Å². The van der Waals surface area contributed by atoms with E-state index in [1.165, 1.54) is 11.1 Å². The van der Waals surface area contributed by atoms with Crippen molar-refractivity contribution in [2.45, 2.75) is 20.0 Å². The Morgan fingerprint density at radius 3 is 2.93 bits per heavy atom. The zero-order chi connectivity index (χ0) is 18.8. The molecular formula is C19H19N5O3. The van der Waals surface area contributed by atoms with Crippen molar-refractivity contribution in [2.75, 3.05) is 13.2 Å². The van der Waals surface area contributed by atoms with Crippen molar-refractivity contribution in [3.05, 3.63) is 53.9 Å². The van der Waals surface area contributed by atoms with Crippen LogP contribution in [0.1, 0.15) is 11.1 Å². The topological polar surface area (TPSA) is 93.4 Å². The maximum atomic E-state index is 12.6. The molecule has 0 fully saturated rings. The van der Waals surface area contributed by atoms with Gasteiger partial charge >= 0.3 is 0 Å². The highest BCUT2D eigenvalue weighted by Crippen LogP contribution is 2.38. The maximum Gasteiger partial charge on any atom is 0.246 e. The van der Waals surface area contributed by atoms with E-state index < -0.39 is 0 Å². The number of phenols is 1. The number of hydrogen-bond acceptors (Lipinski definition) is 6. The van der Waals surface area contributed by atoms with Crippen LogP contribution < -0.4 is 4.74 Å². The van der Waals surface area contributed by atoms with Crippen LogP contribution >= 0.6 is 0 Å². The lowest BCUT2D eigenvalue weighted by Crippen LogP contribution is -2.35.